The van der Waals surface area contributed by atoms with Crippen LogP contribution in [0.4, 0.5) is 11.4 Å². The van der Waals surface area contributed by atoms with Gasteiger partial charge in [0.05, 0.1) is 16.2 Å². The normalized spacial score (nSPS) is 14.5. The second-order valence-corrected chi connectivity index (χ2v) is 6.78. The van der Waals surface area contributed by atoms with E-state index in [-0.39, 0.29) is 10.7 Å². The highest BCUT2D eigenvalue weighted by Crippen LogP contribution is 2.48. The average molecular weight is 334 g/mol. The Morgan fingerprint density at radius 1 is 1.05 bits per heavy atom. The third-order valence-corrected chi connectivity index (χ3v) is 4.51. The van der Waals surface area contributed by atoms with Gasteiger partial charge in [0, 0.05) is 9.79 Å². The van der Waals surface area contributed by atoms with Crippen molar-refractivity contribution < 1.29 is 4.79 Å². The van der Waals surface area contributed by atoms with Gasteiger partial charge in [-0.05, 0) is 31.2 Å². The van der Waals surface area contributed by atoms with Crippen molar-refractivity contribution >= 4 is 45.0 Å². The summed E-state index contributed by atoms with van der Waals surface area (Å²) < 4.78 is 0. The summed E-state index contributed by atoms with van der Waals surface area (Å²) in [6.45, 7) is 1.86. The van der Waals surface area contributed by atoms with E-state index in [1.807, 2.05) is 43.3 Å². The number of halogens is 1. The fourth-order valence-corrected chi connectivity index (χ4v) is 3.38. The van der Waals surface area contributed by atoms with E-state index >= 15 is 0 Å². The average Bonchev–Trinajstić information content (AvgIpc) is 2.43. The van der Waals surface area contributed by atoms with Crippen LogP contribution in [-0.2, 0) is 4.79 Å². The first kappa shape index (κ1) is 12.8. The lowest BCUT2D eigenvalue weighted by atomic mass is 10.2. The van der Waals surface area contributed by atoms with Crippen LogP contribution in [0.15, 0.2) is 58.3 Å². The summed E-state index contributed by atoms with van der Waals surface area (Å²) in [7, 11) is 0. The van der Waals surface area contributed by atoms with E-state index in [1.165, 1.54) is 0 Å². The van der Waals surface area contributed by atoms with Crippen LogP contribution in [0, 0.1) is 0 Å². The second-order valence-electron chi connectivity index (χ2n) is 4.33. The zero-order valence-electron chi connectivity index (χ0n) is 10.3. The molecule has 2 aromatic rings. The molecule has 1 unspecified atom stereocenters. The van der Waals surface area contributed by atoms with Gasteiger partial charge in [0.1, 0.15) is 0 Å². The summed E-state index contributed by atoms with van der Waals surface area (Å²) in [6.07, 6.45) is 0. The number of amides is 1. The van der Waals surface area contributed by atoms with Crippen molar-refractivity contribution in [1.29, 1.82) is 0 Å². The van der Waals surface area contributed by atoms with Crippen LogP contribution in [0.25, 0.3) is 0 Å². The van der Waals surface area contributed by atoms with E-state index in [4.69, 9.17) is 0 Å². The molecule has 0 aromatic heterocycles. The summed E-state index contributed by atoms with van der Waals surface area (Å²) in [4.78, 5) is 16.3. The molecule has 3 rings (SSSR count). The van der Waals surface area contributed by atoms with Gasteiger partial charge in [-0.3, -0.25) is 9.69 Å². The van der Waals surface area contributed by atoms with Gasteiger partial charge >= 0.3 is 0 Å². The number of hydrogen-bond donors (Lipinski definition) is 0. The van der Waals surface area contributed by atoms with Gasteiger partial charge in [-0.25, -0.2) is 0 Å². The molecule has 96 valence electrons. The quantitative estimate of drug-likeness (QED) is 0.711. The molecule has 0 bridgehead atoms. The molecular weight excluding hydrogens is 322 g/mol. The first-order valence-corrected chi connectivity index (χ1v) is 7.75. The molecule has 0 aliphatic carbocycles. The summed E-state index contributed by atoms with van der Waals surface area (Å²) in [5.41, 5.74) is 1.92. The Bertz CT molecular complexity index is 596. The zero-order chi connectivity index (χ0) is 13.4. The highest BCUT2D eigenvalue weighted by Gasteiger charge is 2.29. The SMILES string of the molecule is CC(Br)C(=O)N1c2ccccc2Sc2ccccc21. The number of rotatable bonds is 1. The summed E-state index contributed by atoms with van der Waals surface area (Å²) in [6, 6.07) is 16.0. The maximum absolute atomic E-state index is 12.5. The standard InChI is InChI=1S/C15H12BrNOS/c1-10(16)15(18)17-11-6-2-4-8-13(11)19-14-9-5-3-7-12(14)17/h2-10H,1H3. The van der Waals surface area contributed by atoms with Crippen molar-refractivity contribution in [1.82, 2.24) is 0 Å². The number of carbonyl (C=O) groups excluding carboxylic acids is 1. The molecule has 2 nitrogen and oxygen atoms in total. The minimum atomic E-state index is -0.211. The van der Waals surface area contributed by atoms with Crippen LogP contribution in [0.1, 0.15) is 6.92 Å². The number of fused-ring (bicyclic) bond motifs is 2. The van der Waals surface area contributed by atoms with E-state index in [2.05, 4.69) is 28.1 Å². The molecule has 0 saturated heterocycles. The van der Waals surface area contributed by atoms with E-state index in [0.29, 0.717) is 0 Å². The predicted molar refractivity (Wildman–Crippen MR) is 82.5 cm³/mol. The minimum absolute atomic E-state index is 0.0557. The Hall–Kier alpha value is -1.26. The van der Waals surface area contributed by atoms with Gasteiger partial charge in [-0.2, -0.15) is 0 Å². The molecule has 2 aromatic carbocycles. The van der Waals surface area contributed by atoms with E-state index in [1.54, 1.807) is 16.7 Å². The number of para-hydroxylation sites is 2. The largest absolute Gasteiger partial charge is 0.278 e. The minimum Gasteiger partial charge on any atom is -0.278 e. The second kappa shape index (κ2) is 5.02. The topological polar surface area (TPSA) is 20.3 Å². The molecule has 1 amide bonds. The smallest absolute Gasteiger partial charge is 0.245 e. The Kier molecular flexibility index (Phi) is 3.37. The molecule has 19 heavy (non-hydrogen) atoms. The van der Waals surface area contributed by atoms with E-state index in [9.17, 15) is 4.79 Å². The van der Waals surface area contributed by atoms with Crippen LogP contribution in [-0.4, -0.2) is 10.7 Å². The highest BCUT2D eigenvalue weighted by atomic mass is 79.9. The van der Waals surface area contributed by atoms with Crippen LogP contribution in [0.2, 0.25) is 0 Å². The molecule has 1 atom stereocenters. The van der Waals surface area contributed by atoms with Gasteiger partial charge in [-0.15, -0.1) is 0 Å². The zero-order valence-corrected chi connectivity index (χ0v) is 12.7. The molecular formula is C15H12BrNOS. The monoisotopic (exact) mass is 333 g/mol. The molecule has 1 aliphatic rings. The van der Waals surface area contributed by atoms with Crippen molar-refractivity contribution in [2.75, 3.05) is 4.90 Å². The van der Waals surface area contributed by atoms with Gasteiger partial charge in [-0.1, -0.05) is 52.0 Å². The van der Waals surface area contributed by atoms with E-state index < -0.39 is 0 Å². The summed E-state index contributed by atoms with van der Waals surface area (Å²) in [5.74, 6) is 0.0557. The third-order valence-electron chi connectivity index (χ3n) is 2.99. The van der Waals surface area contributed by atoms with Crippen molar-refractivity contribution in [3.63, 3.8) is 0 Å². The molecule has 0 spiro atoms. The van der Waals surface area contributed by atoms with Crippen molar-refractivity contribution in [3.8, 4) is 0 Å². The number of alkyl halides is 1. The van der Waals surface area contributed by atoms with Crippen LogP contribution in [0.5, 0.6) is 0 Å². The molecule has 1 aliphatic heterocycles. The molecule has 0 radical (unpaired) electrons. The van der Waals surface area contributed by atoms with Gasteiger partial charge in [0.15, 0.2) is 0 Å². The Morgan fingerprint density at radius 3 is 2.00 bits per heavy atom. The number of hydrogen-bond acceptors (Lipinski definition) is 2. The number of nitrogens with zero attached hydrogens (tertiary/aromatic N) is 1. The number of carbonyl (C=O) groups is 1. The first-order valence-electron chi connectivity index (χ1n) is 6.02. The van der Waals surface area contributed by atoms with Gasteiger partial charge in [0.2, 0.25) is 5.91 Å². The van der Waals surface area contributed by atoms with Crippen LogP contribution < -0.4 is 4.90 Å². The predicted octanol–water partition coefficient (Wildman–Crippen LogP) is 4.60. The first-order chi connectivity index (χ1) is 9.18. The fraction of sp³-hybridized carbons (Fsp3) is 0.133. The van der Waals surface area contributed by atoms with Crippen LogP contribution in [0.3, 0.4) is 0 Å². The lowest BCUT2D eigenvalue weighted by Crippen LogP contribution is -2.33. The maximum atomic E-state index is 12.5. The van der Waals surface area contributed by atoms with Crippen molar-refractivity contribution in [2.24, 2.45) is 0 Å². The summed E-state index contributed by atoms with van der Waals surface area (Å²) in [5, 5.41) is 0. The van der Waals surface area contributed by atoms with Crippen molar-refractivity contribution in [2.45, 2.75) is 21.5 Å². The lowest BCUT2D eigenvalue weighted by molar-refractivity contribution is -0.117. The molecule has 0 saturated carbocycles. The highest BCUT2D eigenvalue weighted by molar-refractivity contribution is 9.10. The maximum Gasteiger partial charge on any atom is 0.245 e. The number of anilines is 2. The molecule has 0 N–H and O–H groups in total. The third kappa shape index (κ3) is 2.19. The Balaban J connectivity index is 2.19. The molecule has 4 heteroatoms. The van der Waals surface area contributed by atoms with Gasteiger partial charge in [0.25, 0.3) is 0 Å². The molecule has 0 fully saturated rings. The fourth-order valence-electron chi connectivity index (χ4n) is 2.12. The Morgan fingerprint density at radius 2 is 1.53 bits per heavy atom. The van der Waals surface area contributed by atoms with Crippen molar-refractivity contribution in [3.05, 3.63) is 48.5 Å². The van der Waals surface area contributed by atoms with Crippen LogP contribution >= 0.6 is 27.7 Å². The number of benzene rings is 2. The molecule has 1 heterocycles. The summed E-state index contributed by atoms with van der Waals surface area (Å²) >= 11 is 5.09. The van der Waals surface area contributed by atoms with E-state index in [0.717, 1.165) is 21.2 Å². The van der Waals surface area contributed by atoms with Gasteiger partial charge < -0.3 is 0 Å². The Labute approximate surface area is 124 Å². The lowest BCUT2D eigenvalue weighted by Gasteiger charge is -2.31.